The Balaban J connectivity index is 2.86. The number of aliphatic hydroxyl groups excluding tert-OH is 1. The van der Waals surface area contributed by atoms with Gasteiger partial charge in [-0.3, -0.25) is 4.90 Å². The van der Waals surface area contributed by atoms with Gasteiger partial charge in [0.05, 0.1) is 14.2 Å². The lowest BCUT2D eigenvalue weighted by atomic mass is 9.94. The van der Waals surface area contributed by atoms with E-state index in [0.29, 0.717) is 12.8 Å². The van der Waals surface area contributed by atoms with Gasteiger partial charge in [0.2, 0.25) is 0 Å². The number of methoxy groups -OCH3 is 2. The Kier molecular flexibility index (Phi) is 5.21. The van der Waals surface area contributed by atoms with Crippen molar-refractivity contribution in [2.75, 3.05) is 20.8 Å². The number of nitrogens with zero attached hydrogens (tertiary/aromatic N) is 1. The molecule has 98 valence electrons. The Bertz CT molecular complexity index is 279. The first-order valence-corrected chi connectivity index (χ1v) is 5.70. The zero-order chi connectivity index (χ0) is 12.8. The topological polar surface area (TPSA) is 76.1 Å². The molecule has 0 radical (unpaired) electrons. The van der Waals surface area contributed by atoms with Gasteiger partial charge in [-0.15, -0.1) is 0 Å². The largest absolute Gasteiger partial charge is 0.467 e. The molecule has 2 atom stereocenters. The highest BCUT2D eigenvalue weighted by Crippen LogP contribution is 2.26. The van der Waals surface area contributed by atoms with Crippen LogP contribution in [-0.2, 0) is 14.3 Å². The van der Waals surface area contributed by atoms with Gasteiger partial charge in [-0.05, 0) is 25.7 Å². The number of carbonyl (C=O) groups excluding carboxylic acids is 2. The fraction of sp³-hybridized carbons (Fsp3) is 0.818. The third-order valence-corrected chi connectivity index (χ3v) is 3.07. The molecule has 0 spiro atoms. The van der Waals surface area contributed by atoms with E-state index in [0.717, 1.165) is 12.8 Å². The highest BCUT2D eigenvalue weighted by Gasteiger charge is 2.39. The maximum absolute atomic E-state index is 11.7. The first kappa shape index (κ1) is 13.8. The summed E-state index contributed by atoms with van der Waals surface area (Å²) in [6, 6.07) is -0.761. The zero-order valence-electron chi connectivity index (χ0n) is 10.2. The van der Waals surface area contributed by atoms with Crippen molar-refractivity contribution in [2.45, 2.75) is 37.8 Å². The molecule has 1 fully saturated rings. The molecule has 1 aliphatic heterocycles. The molecule has 0 saturated carbocycles. The molecule has 0 bridgehead atoms. The summed E-state index contributed by atoms with van der Waals surface area (Å²) in [6.45, 7) is -0.0218. The third-order valence-electron chi connectivity index (χ3n) is 3.07. The SMILES string of the molecule is COC(=O)[C@H]1CCC[C@@H](CCO)N1C(=O)OC. The van der Waals surface area contributed by atoms with Gasteiger partial charge >= 0.3 is 12.1 Å². The van der Waals surface area contributed by atoms with Crippen molar-refractivity contribution in [1.29, 1.82) is 0 Å². The molecule has 6 nitrogen and oxygen atoms in total. The van der Waals surface area contributed by atoms with Gasteiger partial charge < -0.3 is 14.6 Å². The molecule has 17 heavy (non-hydrogen) atoms. The van der Waals surface area contributed by atoms with E-state index in [-0.39, 0.29) is 12.6 Å². The fourth-order valence-electron chi connectivity index (χ4n) is 2.26. The van der Waals surface area contributed by atoms with E-state index in [1.807, 2.05) is 0 Å². The highest BCUT2D eigenvalue weighted by atomic mass is 16.5. The summed E-state index contributed by atoms with van der Waals surface area (Å²) in [5.74, 6) is -0.432. The van der Waals surface area contributed by atoms with Gasteiger partial charge in [0, 0.05) is 12.6 Å². The van der Waals surface area contributed by atoms with Crippen molar-refractivity contribution in [3.63, 3.8) is 0 Å². The molecule has 0 aromatic rings. The fourth-order valence-corrected chi connectivity index (χ4v) is 2.26. The normalized spacial score (nSPS) is 24.3. The lowest BCUT2D eigenvalue weighted by Gasteiger charge is -2.39. The monoisotopic (exact) mass is 245 g/mol. The second-order valence-corrected chi connectivity index (χ2v) is 4.01. The van der Waals surface area contributed by atoms with E-state index in [9.17, 15) is 9.59 Å². The van der Waals surface area contributed by atoms with Crippen LogP contribution in [0.1, 0.15) is 25.7 Å². The number of piperidine rings is 1. The van der Waals surface area contributed by atoms with Gasteiger partial charge in [-0.25, -0.2) is 9.59 Å². The van der Waals surface area contributed by atoms with Gasteiger partial charge in [-0.2, -0.15) is 0 Å². The molecular formula is C11H19NO5. The maximum atomic E-state index is 11.7. The maximum Gasteiger partial charge on any atom is 0.410 e. The molecule has 1 saturated heterocycles. The minimum absolute atomic E-state index is 0.0218. The number of aliphatic hydroxyl groups is 1. The molecule has 1 amide bonds. The average Bonchev–Trinajstić information content (AvgIpc) is 2.37. The van der Waals surface area contributed by atoms with E-state index in [4.69, 9.17) is 9.84 Å². The van der Waals surface area contributed by atoms with Crippen molar-refractivity contribution >= 4 is 12.1 Å². The molecule has 0 unspecified atom stereocenters. The minimum atomic E-state index is -0.599. The van der Waals surface area contributed by atoms with Crippen LogP contribution in [0, 0.1) is 0 Å². The lowest BCUT2D eigenvalue weighted by Crippen LogP contribution is -2.53. The van der Waals surface area contributed by atoms with Gasteiger partial charge in [0.25, 0.3) is 0 Å². The number of likely N-dealkylation sites (tertiary alicyclic amines) is 1. The van der Waals surface area contributed by atoms with Crippen LogP contribution in [0.15, 0.2) is 0 Å². The van der Waals surface area contributed by atoms with E-state index in [2.05, 4.69) is 4.74 Å². The summed E-state index contributed by atoms with van der Waals surface area (Å²) in [5.41, 5.74) is 0. The Hall–Kier alpha value is -1.30. The van der Waals surface area contributed by atoms with Gasteiger partial charge in [0.1, 0.15) is 6.04 Å². The van der Waals surface area contributed by atoms with E-state index < -0.39 is 18.1 Å². The lowest BCUT2D eigenvalue weighted by molar-refractivity contribution is -0.149. The Morgan fingerprint density at radius 1 is 1.29 bits per heavy atom. The number of esters is 1. The van der Waals surface area contributed by atoms with Gasteiger partial charge in [0.15, 0.2) is 0 Å². The summed E-state index contributed by atoms with van der Waals surface area (Å²) in [7, 11) is 2.58. The van der Waals surface area contributed by atoms with Crippen LogP contribution in [0.2, 0.25) is 0 Å². The molecule has 6 heteroatoms. The first-order valence-electron chi connectivity index (χ1n) is 5.70. The van der Waals surface area contributed by atoms with Crippen molar-refractivity contribution in [3.05, 3.63) is 0 Å². The van der Waals surface area contributed by atoms with E-state index >= 15 is 0 Å². The number of hydrogen-bond donors (Lipinski definition) is 1. The van der Waals surface area contributed by atoms with Crippen LogP contribution in [0.3, 0.4) is 0 Å². The van der Waals surface area contributed by atoms with Crippen LogP contribution in [-0.4, -0.2) is 55.0 Å². The molecule has 0 aromatic carbocycles. The van der Waals surface area contributed by atoms with Gasteiger partial charge in [-0.1, -0.05) is 0 Å². The second-order valence-electron chi connectivity index (χ2n) is 4.01. The summed E-state index contributed by atoms with van der Waals surface area (Å²) in [6.07, 6.45) is 2.08. The quantitative estimate of drug-likeness (QED) is 0.734. The summed E-state index contributed by atoms with van der Waals surface area (Å²) >= 11 is 0. The number of hydrogen-bond acceptors (Lipinski definition) is 5. The van der Waals surface area contributed by atoms with E-state index in [1.165, 1.54) is 19.1 Å². The zero-order valence-corrected chi connectivity index (χ0v) is 10.2. The standard InChI is InChI=1S/C11H19NO5/c1-16-10(14)9-5-3-4-8(6-7-13)12(9)11(15)17-2/h8-9,13H,3-7H2,1-2H3/t8-,9+/m0/s1. The molecule has 1 N–H and O–H groups in total. The molecule has 0 aliphatic carbocycles. The van der Waals surface area contributed by atoms with Crippen LogP contribution in [0.4, 0.5) is 4.79 Å². The van der Waals surface area contributed by atoms with Crippen molar-refractivity contribution < 1.29 is 24.2 Å². The second kappa shape index (κ2) is 6.44. The minimum Gasteiger partial charge on any atom is -0.467 e. The molecule has 1 aliphatic rings. The third kappa shape index (κ3) is 3.09. The van der Waals surface area contributed by atoms with Crippen LogP contribution in [0.5, 0.6) is 0 Å². The first-order chi connectivity index (χ1) is 8.15. The molecule has 0 aromatic heterocycles. The highest BCUT2D eigenvalue weighted by molar-refractivity contribution is 5.81. The predicted octanol–water partition coefficient (Wildman–Crippen LogP) is 0.531. The van der Waals surface area contributed by atoms with Crippen LogP contribution in [0.25, 0.3) is 0 Å². The van der Waals surface area contributed by atoms with Crippen molar-refractivity contribution in [2.24, 2.45) is 0 Å². The number of carbonyl (C=O) groups is 2. The Labute approximate surface area is 100 Å². The van der Waals surface area contributed by atoms with Crippen molar-refractivity contribution in [1.82, 2.24) is 4.90 Å². The molecular weight excluding hydrogens is 226 g/mol. The van der Waals surface area contributed by atoms with Crippen LogP contribution >= 0.6 is 0 Å². The van der Waals surface area contributed by atoms with Crippen LogP contribution < -0.4 is 0 Å². The van der Waals surface area contributed by atoms with Crippen molar-refractivity contribution in [3.8, 4) is 0 Å². The Morgan fingerprint density at radius 3 is 2.53 bits per heavy atom. The number of ether oxygens (including phenoxy) is 2. The molecule has 1 rings (SSSR count). The Morgan fingerprint density at radius 2 is 2.00 bits per heavy atom. The van der Waals surface area contributed by atoms with E-state index in [1.54, 1.807) is 0 Å². The summed E-state index contributed by atoms with van der Waals surface area (Å²) < 4.78 is 9.38. The number of rotatable bonds is 3. The summed E-state index contributed by atoms with van der Waals surface area (Å²) in [5, 5.41) is 8.98. The average molecular weight is 245 g/mol. The summed E-state index contributed by atoms with van der Waals surface area (Å²) in [4.78, 5) is 24.7. The predicted molar refractivity (Wildman–Crippen MR) is 59.4 cm³/mol. The smallest absolute Gasteiger partial charge is 0.410 e. The number of amides is 1. The molecule has 1 heterocycles.